The Labute approximate surface area is 141 Å². The second-order valence-electron chi connectivity index (χ2n) is 6.12. The number of aromatic nitrogens is 2. The van der Waals surface area contributed by atoms with E-state index in [0.29, 0.717) is 13.0 Å². The van der Waals surface area contributed by atoms with Crippen molar-refractivity contribution < 1.29 is 9.90 Å². The van der Waals surface area contributed by atoms with Crippen molar-refractivity contribution in [2.24, 2.45) is 0 Å². The Kier molecular flexibility index (Phi) is 4.82. The van der Waals surface area contributed by atoms with E-state index in [4.69, 9.17) is 0 Å². The van der Waals surface area contributed by atoms with Gasteiger partial charge < -0.3 is 14.6 Å². The summed E-state index contributed by atoms with van der Waals surface area (Å²) >= 11 is 0. The van der Waals surface area contributed by atoms with E-state index in [0.717, 1.165) is 17.9 Å². The Morgan fingerprint density at radius 2 is 2.21 bits per heavy atom. The number of para-hydroxylation sites is 1. The third kappa shape index (κ3) is 3.42. The number of aromatic hydroxyl groups is 1. The van der Waals surface area contributed by atoms with Crippen molar-refractivity contribution in [3.63, 3.8) is 0 Å². The molecular weight excluding hydrogens is 306 g/mol. The van der Waals surface area contributed by atoms with E-state index in [9.17, 15) is 9.90 Å². The molecule has 2 heterocycles. The topological polar surface area (TPSA) is 82.4 Å². The lowest BCUT2D eigenvalue weighted by molar-refractivity contribution is -0.132. The first-order valence-corrected chi connectivity index (χ1v) is 8.08. The minimum atomic E-state index is -0.302. The maximum atomic E-state index is 12.6. The smallest absolute Gasteiger partial charge is 0.240 e. The zero-order valence-electron chi connectivity index (χ0n) is 13.9. The Balaban J connectivity index is 1.56. The first kappa shape index (κ1) is 16.5. The van der Waals surface area contributed by atoms with Crippen LogP contribution in [-0.2, 0) is 11.3 Å². The Morgan fingerprint density at radius 1 is 1.42 bits per heavy atom. The van der Waals surface area contributed by atoms with Crippen LogP contribution in [0.15, 0.2) is 36.7 Å². The number of rotatable bonds is 5. The molecule has 0 radical (unpaired) electrons. The van der Waals surface area contributed by atoms with E-state index in [1.54, 1.807) is 23.2 Å². The monoisotopic (exact) mass is 329 g/mol. The first-order valence-electron chi connectivity index (χ1n) is 8.08. The fourth-order valence-corrected chi connectivity index (χ4v) is 2.98. The summed E-state index contributed by atoms with van der Waals surface area (Å²) < 4.78 is 2.02. The average Bonchev–Trinajstić information content (AvgIpc) is 3.21. The zero-order chi connectivity index (χ0) is 17.1. The number of hydrogen-bond donors (Lipinski definition) is 3. The molecule has 1 amide bonds. The summed E-state index contributed by atoms with van der Waals surface area (Å²) in [6, 6.07) is 6.81. The number of hydrazine groups is 1. The molecule has 0 saturated carbocycles. The van der Waals surface area contributed by atoms with E-state index in [1.165, 1.54) is 0 Å². The first-order chi connectivity index (χ1) is 11.6. The maximum Gasteiger partial charge on any atom is 0.240 e. The van der Waals surface area contributed by atoms with Gasteiger partial charge in [-0.25, -0.2) is 15.8 Å². The van der Waals surface area contributed by atoms with Crippen LogP contribution in [0.3, 0.4) is 0 Å². The lowest BCUT2D eigenvalue weighted by Crippen LogP contribution is -2.44. The molecule has 1 aliphatic rings. The maximum absolute atomic E-state index is 12.6. The minimum absolute atomic E-state index is 0.0400. The van der Waals surface area contributed by atoms with Crippen LogP contribution in [0.4, 0.5) is 0 Å². The van der Waals surface area contributed by atoms with Crippen LogP contribution in [-0.4, -0.2) is 45.1 Å². The lowest BCUT2D eigenvalue weighted by Gasteiger charge is -2.21. The van der Waals surface area contributed by atoms with Crippen LogP contribution in [0, 0.1) is 6.92 Å². The fourth-order valence-electron chi connectivity index (χ4n) is 2.98. The van der Waals surface area contributed by atoms with Gasteiger partial charge in [0.1, 0.15) is 17.6 Å². The van der Waals surface area contributed by atoms with Crippen molar-refractivity contribution in [1.82, 2.24) is 25.3 Å². The van der Waals surface area contributed by atoms with Gasteiger partial charge >= 0.3 is 0 Å². The van der Waals surface area contributed by atoms with E-state index in [2.05, 4.69) is 15.8 Å². The predicted molar refractivity (Wildman–Crippen MR) is 90.1 cm³/mol. The highest BCUT2D eigenvalue weighted by molar-refractivity contribution is 5.82. The van der Waals surface area contributed by atoms with Crippen molar-refractivity contribution in [2.75, 3.05) is 13.6 Å². The highest BCUT2D eigenvalue weighted by atomic mass is 16.3. The van der Waals surface area contributed by atoms with E-state index < -0.39 is 0 Å². The van der Waals surface area contributed by atoms with E-state index >= 15 is 0 Å². The third-order valence-corrected chi connectivity index (χ3v) is 4.49. The van der Waals surface area contributed by atoms with Crippen molar-refractivity contribution >= 4 is 5.91 Å². The van der Waals surface area contributed by atoms with Gasteiger partial charge in [-0.05, 0) is 19.4 Å². The lowest BCUT2D eigenvalue weighted by atomic mass is 10.0. The number of amides is 1. The van der Waals surface area contributed by atoms with Crippen molar-refractivity contribution in [3.8, 4) is 5.75 Å². The molecule has 7 heteroatoms. The number of likely N-dealkylation sites (N-methyl/N-ethyl adjacent to an activating group) is 1. The molecule has 24 heavy (non-hydrogen) atoms. The summed E-state index contributed by atoms with van der Waals surface area (Å²) in [5.74, 6) is 1.23. The molecule has 1 aromatic heterocycles. The van der Waals surface area contributed by atoms with E-state index in [-0.39, 0.29) is 23.7 Å². The second-order valence-corrected chi connectivity index (χ2v) is 6.12. The Morgan fingerprint density at radius 3 is 2.92 bits per heavy atom. The molecule has 3 rings (SSSR count). The highest BCUT2D eigenvalue weighted by Crippen LogP contribution is 2.29. The number of imidazole rings is 1. The van der Waals surface area contributed by atoms with Crippen LogP contribution in [0.1, 0.15) is 23.9 Å². The van der Waals surface area contributed by atoms with Crippen molar-refractivity contribution in [1.29, 1.82) is 0 Å². The summed E-state index contributed by atoms with van der Waals surface area (Å²) in [5.41, 5.74) is 6.95. The molecule has 1 saturated heterocycles. The Bertz CT molecular complexity index is 715. The minimum Gasteiger partial charge on any atom is -0.508 e. The number of benzene rings is 1. The van der Waals surface area contributed by atoms with Crippen LogP contribution < -0.4 is 10.9 Å². The number of carbonyl (C=O) groups excluding carboxylic acids is 1. The summed E-state index contributed by atoms with van der Waals surface area (Å²) in [6.07, 6.45) is 4.28. The second kappa shape index (κ2) is 7.02. The van der Waals surface area contributed by atoms with Gasteiger partial charge in [-0.1, -0.05) is 18.2 Å². The molecule has 128 valence electrons. The predicted octanol–water partition coefficient (Wildman–Crippen LogP) is 0.963. The molecule has 2 aromatic rings. The number of phenols is 1. The summed E-state index contributed by atoms with van der Waals surface area (Å²) in [5, 5.41) is 9.95. The van der Waals surface area contributed by atoms with Gasteiger partial charge in [0, 0.05) is 38.1 Å². The van der Waals surface area contributed by atoms with Gasteiger partial charge in [0.2, 0.25) is 5.91 Å². The number of carbonyl (C=O) groups is 1. The van der Waals surface area contributed by atoms with Gasteiger partial charge in [-0.3, -0.25) is 4.79 Å². The van der Waals surface area contributed by atoms with Gasteiger partial charge in [0.05, 0.1) is 6.04 Å². The molecule has 3 N–H and O–H groups in total. The summed E-state index contributed by atoms with van der Waals surface area (Å²) in [6.45, 7) is 3.29. The number of aryl methyl sites for hydroxylation is 1. The standard InChI is InChI=1S/C17H23N5O2/c1-12-18-7-8-22(12)10-9-21(2)17(24)15-11-14(19-20-15)13-5-3-4-6-16(13)23/h3-8,14-15,19-20,23H,9-11H2,1-2H3. The largest absolute Gasteiger partial charge is 0.508 e. The molecule has 1 aliphatic heterocycles. The van der Waals surface area contributed by atoms with Gasteiger partial charge in [-0.2, -0.15) is 0 Å². The average molecular weight is 329 g/mol. The van der Waals surface area contributed by atoms with E-state index in [1.807, 2.05) is 36.9 Å². The van der Waals surface area contributed by atoms with Crippen molar-refractivity contribution in [3.05, 3.63) is 48.0 Å². The third-order valence-electron chi connectivity index (χ3n) is 4.49. The summed E-state index contributed by atoms with van der Waals surface area (Å²) in [7, 11) is 1.81. The normalized spacial score (nSPS) is 20.2. The molecule has 2 atom stereocenters. The molecule has 1 fully saturated rings. The van der Waals surface area contributed by atoms with Gasteiger partial charge in [-0.15, -0.1) is 0 Å². The highest BCUT2D eigenvalue weighted by Gasteiger charge is 2.32. The quantitative estimate of drug-likeness (QED) is 0.761. The van der Waals surface area contributed by atoms with Crippen molar-refractivity contribution in [2.45, 2.75) is 32.0 Å². The molecule has 2 unspecified atom stereocenters. The van der Waals surface area contributed by atoms with Crippen LogP contribution in [0.5, 0.6) is 5.75 Å². The van der Waals surface area contributed by atoms with Crippen LogP contribution >= 0.6 is 0 Å². The SMILES string of the molecule is Cc1nccn1CCN(C)C(=O)C1CC(c2ccccc2O)NN1. The number of phenolic OH excluding ortho intramolecular Hbond substituents is 1. The molecule has 1 aromatic carbocycles. The fraction of sp³-hybridized carbons (Fsp3) is 0.412. The number of nitrogens with zero attached hydrogens (tertiary/aromatic N) is 3. The number of hydrogen-bond acceptors (Lipinski definition) is 5. The molecular formula is C17H23N5O2. The molecule has 0 bridgehead atoms. The molecule has 7 nitrogen and oxygen atoms in total. The van der Waals surface area contributed by atoms with Gasteiger partial charge in [0.25, 0.3) is 0 Å². The molecule has 0 aliphatic carbocycles. The number of nitrogens with one attached hydrogen (secondary N) is 2. The zero-order valence-corrected chi connectivity index (χ0v) is 13.9. The van der Waals surface area contributed by atoms with Gasteiger partial charge in [0.15, 0.2) is 0 Å². The van der Waals surface area contributed by atoms with Crippen LogP contribution in [0.25, 0.3) is 0 Å². The van der Waals surface area contributed by atoms with Crippen LogP contribution in [0.2, 0.25) is 0 Å². The Hall–Kier alpha value is -2.38. The molecule has 0 spiro atoms. The summed E-state index contributed by atoms with van der Waals surface area (Å²) in [4.78, 5) is 18.5.